The molecule has 1 heteroatoms. The highest BCUT2D eigenvalue weighted by Gasteiger charge is 2.62. The van der Waals surface area contributed by atoms with Crippen molar-refractivity contribution in [2.45, 2.75) is 59.8 Å². The van der Waals surface area contributed by atoms with Crippen LogP contribution in [0.15, 0.2) is 24.3 Å². The summed E-state index contributed by atoms with van der Waals surface area (Å²) in [5.41, 5.74) is 1.36. The molecular formula is C21H31N. The fraction of sp³-hybridized carbons (Fsp3) is 0.762. The molecule has 3 saturated carbocycles. The molecule has 7 atom stereocenters. The van der Waals surface area contributed by atoms with E-state index in [1.807, 2.05) is 0 Å². The van der Waals surface area contributed by atoms with Crippen molar-refractivity contribution in [2.75, 3.05) is 0 Å². The average molecular weight is 297 g/mol. The molecule has 0 heterocycles. The minimum atomic E-state index is -0.103. The van der Waals surface area contributed by atoms with E-state index in [0.717, 1.165) is 29.7 Å². The van der Waals surface area contributed by atoms with E-state index in [9.17, 15) is 5.26 Å². The lowest BCUT2D eigenvalue weighted by Gasteiger charge is -2.55. The molecule has 0 aromatic carbocycles. The molecule has 0 unspecified atom stereocenters. The SMILES string of the molecule is C=C(C)/C=C/[C@]12C[C@H](C)[C@H]3CC[C@](C)(C#N)[C@@H](CC[C@H]1C)[C@@H]32. The Bertz CT molecular complexity index is 539. The van der Waals surface area contributed by atoms with Crippen molar-refractivity contribution in [3.05, 3.63) is 24.3 Å². The predicted octanol–water partition coefficient (Wildman–Crippen LogP) is 5.75. The summed E-state index contributed by atoms with van der Waals surface area (Å²) in [6.07, 6.45) is 11.0. The van der Waals surface area contributed by atoms with Gasteiger partial charge in [-0.3, -0.25) is 0 Å². The topological polar surface area (TPSA) is 23.8 Å². The highest BCUT2D eigenvalue weighted by Crippen LogP contribution is 2.68. The minimum absolute atomic E-state index is 0.103. The summed E-state index contributed by atoms with van der Waals surface area (Å²) < 4.78 is 0. The molecule has 1 nitrogen and oxygen atoms in total. The van der Waals surface area contributed by atoms with E-state index in [0.29, 0.717) is 17.3 Å². The Kier molecular flexibility index (Phi) is 3.79. The Morgan fingerprint density at radius 3 is 2.64 bits per heavy atom. The van der Waals surface area contributed by atoms with Gasteiger partial charge in [-0.25, -0.2) is 0 Å². The fourth-order valence-electron chi connectivity index (χ4n) is 6.29. The first-order chi connectivity index (χ1) is 10.3. The van der Waals surface area contributed by atoms with Gasteiger partial charge in [-0.15, -0.1) is 0 Å². The van der Waals surface area contributed by atoms with Gasteiger partial charge in [0.15, 0.2) is 0 Å². The first kappa shape index (κ1) is 15.9. The van der Waals surface area contributed by atoms with Gasteiger partial charge in [0, 0.05) is 0 Å². The Hall–Kier alpha value is -1.03. The van der Waals surface area contributed by atoms with Crippen LogP contribution in [0.25, 0.3) is 0 Å². The van der Waals surface area contributed by atoms with E-state index in [1.54, 1.807) is 0 Å². The van der Waals surface area contributed by atoms with Gasteiger partial charge < -0.3 is 0 Å². The van der Waals surface area contributed by atoms with E-state index in [1.165, 1.54) is 25.7 Å². The molecule has 0 aliphatic heterocycles. The predicted molar refractivity (Wildman–Crippen MR) is 92.0 cm³/mol. The number of nitrogens with zero attached hydrogens (tertiary/aromatic N) is 1. The molecule has 0 saturated heterocycles. The smallest absolute Gasteiger partial charge is 0.0689 e. The number of hydrogen-bond acceptors (Lipinski definition) is 1. The third-order valence-corrected chi connectivity index (χ3v) is 7.50. The second-order valence-electron chi connectivity index (χ2n) is 8.82. The quantitative estimate of drug-likeness (QED) is 0.596. The monoisotopic (exact) mass is 297 g/mol. The summed E-state index contributed by atoms with van der Waals surface area (Å²) >= 11 is 0. The van der Waals surface area contributed by atoms with E-state index in [4.69, 9.17) is 0 Å². The summed E-state index contributed by atoms with van der Waals surface area (Å²) in [6.45, 7) is 13.3. The van der Waals surface area contributed by atoms with Crippen molar-refractivity contribution in [2.24, 2.45) is 40.4 Å². The molecule has 0 bridgehead atoms. The van der Waals surface area contributed by atoms with Gasteiger partial charge in [0.2, 0.25) is 0 Å². The maximum Gasteiger partial charge on any atom is 0.0689 e. The van der Waals surface area contributed by atoms with Crippen LogP contribution < -0.4 is 0 Å². The van der Waals surface area contributed by atoms with Gasteiger partial charge in [0.1, 0.15) is 0 Å². The molecule has 3 aliphatic rings. The molecule has 0 radical (unpaired) electrons. The first-order valence-corrected chi connectivity index (χ1v) is 9.10. The molecule has 0 spiro atoms. The largest absolute Gasteiger partial charge is 0.198 e. The first-order valence-electron chi connectivity index (χ1n) is 9.10. The highest BCUT2D eigenvalue weighted by molar-refractivity contribution is 5.24. The van der Waals surface area contributed by atoms with Crippen molar-refractivity contribution in [3.8, 4) is 6.07 Å². The Morgan fingerprint density at radius 1 is 1.27 bits per heavy atom. The van der Waals surface area contributed by atoms with Crippen LogP contribution >= 0.6 is 0 Å². The molecule has 0 N–H and O–H groups in total. The zero-order valence-electron chi connectivity index (χ0n) is 14.7. The number of rotatable bonds is 2. The molecule has 22 heavy (non-hydrogen) atoms. The second kappa shape index (κ2) is 5.26. The van der Waals surface area contributed by atoms with Crippen molar-refractivity contribution in [1.29, 1.82) is 5.26 Å². The zero-order valence-corrected chi connectivity index (χ0v) is 14.7. The van der Waals surface area contributed by atoms with Crippen LogP contribution in [0.2, 0.25) is 0 Å². The third-order valence-electron chi connectivity index (χ3n) is 7.50. The van der Waals surface area contributed by atoms with Crippen LogP contribution in [0.3, 0.4) is 0 Å². The molecular weight excluding hydrogens is 266 g/mol. The van der Waals surface area contributed by atoms with Crippen molar-refractivity contribution in [1.82, 2.24) is 0 Å². The van der Waals surface area contributed by atoms with Crippen LogP contribution in [0.4, 0.5) is 0 Å². The molecule has 3 aliphatic carbocycles. The van der Waals surface area contributed by atoms with Gasteiger partial charge in [-0.05, 0) is 81.0 Å². The lowest BCUT2D eigenvalue weighted by Crippen LogP contribution is -2.50. The van der Waals surface area contributed by atoms with Crippen LogP contribution in [-0.4, -0.2) is 0 Å². The number of nitriles is 1. The third kappa shape index (κ3) is 2.10. The molecule has 0 aromatic rings. The van der Waals surface area contributed by atoms with Gasteiger partial charge in [-0.1, -0.05) is 38.2 Å². The molecule has 0 aromatic heterocycles. The molecule has 3 rings (SSSR count). The van der Waals surface area contributed by atoms with Crippen LogP contribution in [-0.2, 0) is 0 Å². The normalized spacial score (nSPS) is 50.6. The minimum Gasteiger partial charge on any atom is -0.198 e. The van der Waals surface area contributed by atoms with Gasteiger partial charge >= 0.3 is 0 Å². The summed E-state index contributed by atoms with van der Waals surface area (Å²) in [6, 6.07) is 2.72. The van der Waals surface area contributed by atoms with Gasteiger partial charge in [0.25, 0.3) is 0 Å². The maximum absolute atomic E-state index is 9.83. The highest BCUT2D eigenvalue weighted by atomic mass is 14.7. The van der Waals surface area contributed by atoms with E-state index in [2.05, 4.69) is 52.5 Å². The van der Waals surface area contributed by atoms with Crippen molar-refractivity contribution >= 4 is 0 Å². The Balaban J connectivity index is 2.07. The Labute approximate surface area is 136 Å². The lowest BCUT2D eigenvalue weighted by atomic mass is 9.48. The van der Waals surface area contributed by atoms with Gasteiger partial charge in [-0.2, -0.15) is 5.26 Å². The van der Waals surface area contributed by atoms with Crippen LogP contribution in [0.1, 0.15) is 59.8 Å². The Morgan fingerprint density at radius 2 is 2.00 bits per heavy atom. The fourth-order valence-corrected chi connectivity index (χ4v) is 6.29. The molecule has 120 valence electrons. The zero-order chi connectivity index (χ0) is 16.1. The van der Waals surface area contributed by atoms with E-state index >= 15 is 0 Å². The molecule has 3 fully saturated rings. The van der Waals surface area contributed by atoms with Crippen LogP contribution in [0, 0.1) is 51.8 Å². The number of hydrogen-bond donors (Lipinski definition) is 0. The summed E-state index contributed by atoms with van der Waals surface area (Å²) in [5, 5.41) is 9.83. The lowest BCUT2D eigenvalue weighted by molar-refractivity contribution is -0.0448. The number of allylic oxidation sites excluding steroid dienone is 3. The van der Waals surface area contributed by atoms with Crippen molar-refractivity contribution < 1.29 is 0 Å². The van der Waals surface area contributed by atoms with Crippen LogP contribution in [0.5, 0.6) is 0 Å². The van der Waals surface area contributed by atoms with Gasteiger partial charge in [0.05, 0.1) is 11.5 Å². The summed E-state index contributed by atoms with van der Waals surface area (Å²) in [7, 11) is 0. The second-order valence-corrected chi connectivity index (χ2v) is 8.82. The maximum atomic E-state index is 9.83. The average Bonchev–Trinajstić information content (AvgIpc) is 2.78. The van der Waals surface area contributed by atoms with E-state index < -0.39 is 0 Å². The summed E-state index contributed by atoms with van der Waals surface area (Å²) in [4.78, 5) is 0. The molecule has 0 amide bonds. The standard InChI is InChI=1S/C21H31N/c1-14(2)8-11-21-12-15(3)17-9-10-20(5,13-22)18(19(17)21)7-6-16(21)4/h8,11,15-19H,1,6-7,9-10,12H2,2-5H3/b11-8+/t15-,16+,17+,18-,19+,20+,21-/m0/s1. The van der Waals surface area contributed by atoms with E-state index in [-0.39, 0.29) is 5.41 Å². The summed E-state index contributed by atoms with van der Waals surface area (Å²) in [5.74, 6) is 3.65. The van der Waals surface area contributed by atoms with Crippen molar-refractivity contribution in [3.63, 3.8) is 0 Å².